The fraction of sp³-hybridized carbons (Fsp3) is 0.211. The van der Waals surface area contributed by atoms with Crippen LogP contribution in [-0.4, -0.2) is 36.4 Å². The molecule has 3 rings (SSSR count). The standard InChI is InChI=1S/C19H16Cl3N3O3/c1-19(17(26)28-2)10-25(24-16(19)11-3-5-12(20)6-4-11)18(27)23-13-7-8-14(21)15(22)9-13/h3-9H,10H2,1-2H3,(H,23,27). The van der Waals surface area contributed by atoms with Gasteiger partial charge in [0.25, 0.3) is 0 Å². The van der Waals surface area contributed by atoms with E-state index in [1.54, 1.807) is 43.3 Å². The van der Waals surface area contributed by atoms with Crippen LogP contribution in [0.2, 0.25) is 15.1 Å². The summed E-state index contributed by atoms with van der Waals surface area (Å²) in [5.74, 6) is -0.494. The van der Waals surface area contributed by atoms with E-state index in [1.807, 2.05) is 0 Å². The van der Waals surface area contributed by atoms with Crippen molar-refractivity contribution in [1.29, 1.82) is 0 Å². The number of benzene rings is 2. The van der Waals surface area contributed by atoms with Crippen molar-refractivity contribution in [3.8, 4) is 0 Å². The molecule has 0 spiro atoms. The maximum absolute atomic E-state index is 12.7. The van der Waals surface area contributed by atoms with Crippen molar-refractivity contribution in [3.05, 3.63) is 63.1 Å². The second-order valence-electron chi connectivity index (χ2n) is 6.40. The van der Waals surface area contributed by atoms with Crippen LogP contribution in [0.3, 0.4) is 0 Å². The molecule has 0 bridgehead atoms. The van der Waals surface area contributed by atoms with Gasteiger partial charge in [0.1, 0.15) is 5.41 Å². The average Bonchev–Trinajstić information content (AvgIpc) is 3.03. The summed E-state index contributed by atoms with van der Waals surface area (Å²) < 4.78 is 4.95. The first kappa shape index (κ1) is 20.5. The van der Waals surface area contributed by atoms with Gasteiger partial charge in [0.2, 0.25) is 0 Å². The summed E-state index contributed by atoms with van der Waals surface area (Å²) in [6.45, 7) is 1.70. The first-order chi connectivity index (χ1) is 13.2. The van der Waals surface area contributed by atoms with Gasteiger partial charge in [-0.15, -0.1) is 0 Å². The molecule has 0 fully saturated rings. The molecule has 1 atom stereocenters. The molecule has 1 unspecified atom stereocenters. The lowest BCUT2D eigenvalue weighted by Crippen LogP contribution is -2.42. The minimum Gasteiger partial charge on any atom is -0.468 e. The number of halogens is 3. The zero-order valence-corrected chi connectivity index (χ0v) is 17.3. The number of carbonyl (C=O) groups excluding carboxylic acids is 2. The van der Waals surface area contributed by atoms with Crippen molar-refractivity contribution in [1.82, 2.24) is 5.01 Å². The molecule has 1 heterocycles. The predicted molar refractivity (Wildman–Crippen MR) is 110 cm³/mol. The molecule has 146 valence electrons. The smallest absolute Gasteiger partial charge is 0.342 e. The highest BCUT2D eigenvalue weighted by atomic mass is 35.5. The number of anilines is 1. The number of rotatable bonds is 3. The van der Waals surface area contributed by atoms with Crippen molar-refractivity contribution in [2.75, 3.05) is 19.0 Å². The molecular weight excluding hydrogens is 425 g/mol. The molecule has 0 aromatic heterocycles. The van der Waals surface area contributed by atoms with Gasteiger partial charge in [-0.1, -0.05) is 46.9 Å². The molecule has 2 aromatic carbocycles. The topological polar surface area (TPSA) is 71.0 Å². The Morgan fingerprint density at radius 3 is 2.39 bits per heavy atom. The van der Waals surface area contributed by atoms with Gasteiger partial charge >= 0.3 is 12.0 Å². The van der Waals surface area contributed by atoms with E-state index in [0.717, 1.165) is 0 Å². The number of nitrogens with one attached hydrogen (secondary N) is 1. The van der Waals surface area contributed by atoms with Crippen LogP contribution in [0, 0.1) is 5.41 Å². The minimum absolute atomic E-state index is 0.0186. The van der Waals surface area contributed by atoms with E-state index in [4.69, 9.17) is 39.5 Å². The molecule has 28 heavy (non-hydrogen) atoms. The van der Waals surface area contributed by atoms with Gasteiger partial charge in [0.15, 0.2) is 0 Å². The molecule has 1 aliphatic rings. The Kier molecular flexibility index (Phi) is 5.84. The van der Waals surface area contributed by atoms with Gasteiger partial charge < -0.3 is 10.1 Å². The summed E-state index contributed by atoms with van der Waals surface area (Å²) in [5, 5.41) is 9.50. The minimum atomic E-state index is -1.13. The average molecular weight is 441 g/mol. The van der Waals surface area contributed by atoms with Gasteiger partial charge in [-0.3, -0.25) is 4.79 Å². The zero-order chi connectivity index (χ0) is 20.5. The number of esters is 1. The first-order valence-electron chi connectivity index (χ1n) is 8.21. The summed E-state index contributed by atoms with van der Waals surface area (Å²) in [7, 11) is 1.30. The SMILES string of the molecule is COC(=O)C1(C)CN(C(=O)Nc2ccc(Cl)c(Cl)c2)N=C1c1ccc(Cl)cc1. The molecule has 0 radical (unpaired) electrons. The Morgan fingerprint density at radius 2 is 1.79 bits per heavy atom. The molecule has 2 aromatic rings. The van der Waals surface area contributed by atoms with Crippen LogP contribution in [0.5, 0.6) is 0 Å². The summed E-state index contributed by atoms with van der Waals surface area (Å²) in [6, 6.07) is 11.1. The summed E-state index contributed by atoms with van der Waals surface area (Å²) >= 11 is 17.8. The van der Waals surface area contributed by atoms with E-state index < -0.39 is 17.4 Å². The molecule has 6 nitrogen and oxygen atoms in total. The molecule has 9 heteroatoms. The number of amides is 2. The van der Waals surface area contributed by atoms with E-state index in [-0.39, 0.29) is 6.54 Å². The van der Waals surface area contributed by atoms with E-state index in [0.29, 0.717) is 32.0 Å². The fourth-order valence-corrected chi connectivity index (χ4v) is 3.31. The number of ether oxygens (including phenoxy) is 1. The monoisotopic (exact) mass is 439 g/mol. The lowest BCUT2D eigenvalue weighted by Gasteiger charge is -2.23. The van der Waals surface area contributed by atoms with Crippen LogP contribution >= 0.6 is 34.8 Å². The Balaban J connectivity index is 1.91. The van der Waals surface area contributed by atoms with Crippen LogP contribution in [-0.2, 0) is 9.53 Å². The maximum Gasteiger partial charge on any atom is 0.342 e. The molecule has 1 N–H and O–H groups in total. The largest absolute Gasteiger partial charge is 0.468 e. The summed E-state index contributed by atoms with van der Waals surface area (Å²) in [4.78, 5) is 25.2. The summed E-state index contributed by atoms with van der Waals surface area (Å²) in [6.07, 6.45) is 0. The van der Waals surface area contributed by atoms with Crippen LogP contribution in [0.15, 0.2) is 47.6 Å². The first-order valence-corrected chi connectivity index (χ1v) is 9.35. The third kappa shape index (κ3) is 3.94. The number of carbonyl (C=O) groups is 2. The highest BCUT2D eigenvalue weighted by molar-refractivity contribution is 6.42. The number of hydrogen-bond donors (Lipinski definition) is 1. The van der Waals surface area contributed by atoms with Gasteiger partial charge in [-0.05, 0) is 42.8 Å². The van der Waals surface area contributed by atoms with Gasteiger partial charge in [0.05, 0.1) is 29.4 Å². The van der Waals surface area contributed by atoms with Crippen molar-refractivity contribution in [2.45, 2.75) is 6.92 Å². The molecule has 1 aliphatic heterocycles. The third-order valence-electron chi connectivity index (χ3n) is 4.37. The van der Waals surface area contributed by atoms with Crippen LogP contribution in [0.25, 0.3) is 0 Å². The van der Waals surface area contributed by atoms with Crippen LogP contribution in [0.4, 0.5) is 10.5 Å². The molecule has 0 aliphatic carbocycles. The van der Waals surface area contributed by atoms with E-state index in [9.17, 15) is 9.59 Å². The fourth-order valence-electron chi connectivity index (χ4n) is 2.89. The van der Waals surface area contributed by atoms with Gasteiger partial charge in [0, 0.05) is 10.7 Å². The Labute approximate surface area is 177 Å². The molecule has 0 saturated heterocycles. The van der Waals surface area contributed by atoms with Crippen LogP contribution in [0.1, 0.15) is 12.5 Å². The van der Waals surface area contributed by atoms with Gasteiger partial charge in [-0.2, -0.15) is 5.10 Å². The normalized spacial score (nSPS) is 18.6. The number of methoxy groups -OCH3 is 1. The van der Waals surface area contributed by atoms with Crippen molar-refractivity contribution in [3.63, 3.8) is 0 Å². The lowest BCUT2D eigenvalue weighted by molar-refractivity contribution is -0.147. The number of urea groups is 1. The van der Waals surface area contributed by atoms with E-state index in [2.05, 4.69) is 10.4 Å². The Morgan fingerprint density at radius 1 is 1.11 bits per heavy atom. The second kappa shape index (κ2) is 7.99. The predicted octanol–water partition coefficient (Wildman–Crippen LogP) is 5.08. The highest BCUT2D eigenvalue weighted by Crippen LogP contribution is 2.33. The Bertz CT molecular complexity index is 963. The quantitative estimate of drug-likeness (QED) is 0.677. The van der Waals surface area contributed by atoms with E-state index >= 15 is 0 Å². The molecular formula is C19H16Cl3N3O3. The molecule has 2 amide bonds. The maximum atomic E-state index is 12.7. The third-order valence-corrected chi connectivity index (χ3v) is 5.36. The summed E-state index contributed by atoms with van der Waals surface area (Å²) in [5.41, 5.74) is 0.411. The van der Waals surface area contributed by atoms with Crippen molar-refractivity contribution in [2.24, 2.45) is 10.5 Å². The Hall–Kier alpha value is -2.28. The van der Waals surface area contributed by atoms with Crippen molar-refractivity contribution < 1.29 is 14.3 Å². The number of hydrazone groups is 1. The number of nitrogens with zero attached hydrogens (tertiary/aromatic N) is 2. The number of hydrogen-bond acceptors (Lipinski definition) is 4. The highest BCUT2D eigenvalue weighted by Gasteiger charge is 2.48. The van der Waals surface area contributed by atoms with Crippen LogP contribution < -0.4 is 5.32 Å². The zero-order valence-electron chi connectivity index (χ0n) is 15.0. The van der Waals surface area contributed by atoms with Gasteiger partial charge in [-0.25, -0.2) is 9.80 Å². The van der Waals surface area contributed by atoms with Crippen molar-refractivity contribution >= 4 is 58.2 Å². The molecule has 0 saturated carbocycles. The second-order valence-corrected chi connectivity index (χ2v) is 7.65. The lowest BCUT2D eigenvalue weighted by atomic mass is 9.82. The van der Waals surface area contributed by atoms with E-state index in [1.165, 1.54) is 18.2 Å².